The van der Waals surface area contributed by atoms with Gasteiger partial charge in [-0.1, -0.05) is 51.9 Å². The van der Waals surface area contributed by atoms with Crippen molar-refractivity contribution in [2.75, 3.05) is 0 Å². The first kappa shape index (κ1) is 33.3. The van der Waals surface area contributed by atoms with Crippen LogP contribution in [0.5, 0.6) is 0 Å². The monoisotopic (exact) mass is 756 g/mol. The molecular formula is C39H24N12O6. The van der Waals surface area contributed by atoms with Crippen LogP contribution in [-0.2, 0) is 0 Å². The summed E-state index contributed by atoms with van der Waals surface area (Å²) in [5.74, 6) is 4.11. The van der Waals surface area contributed by atoms with Crippen molar-refractivity contribution in [2.45, 2.75) is 20.8 Å². The largest absolute Gasteiger partial charge is 0.421 e. The Morgan fingerprint density at radius 2 is 0.596 bits per heavy atom. The highest BCUT2D eigenvalue weighted by Crippen LogP contribution is 2.35. The second-order valence-corrected chi connectivity index (χ2v) is 12.7. The van der Waals surface area contributed by atoms with Gasteiger partial charge in [-0.3, -0.25) is 0 Å². The van der Waals surface area contributed by atoms with Gasteiger partial charge in [0.1, 0.15) is 0 Å². The van der Waals surface area contributed by atoms with E-state index in [1.165, 1.54) is 0 Å². The predicted molar refractivity (Wildman–Crippen MR) is 197 cm³/mol. The quantitative estimate of drug-likeness (QED) is 0.136. The van der Waals surface area contributed by atoms with Crippen LogP contribution in [0, 0.1) is 20.8 Å². The summed E-state index contributed by atoms with van der Waals surface area (Å²) in [6, 6.07) is 27.6. The molecule has 0 fully saturated rings. The van der Waals surface area contributed by atoms with Crippen LogP contribution in [0.1, 0.15) is 17.7 Å². The molecule has 10 aromatic rings. The molecule has 0 bridgehead atoms. The summed E-state index contributed by atoms with van der Waals surface area (Å²) in [7, 11) is 0. The molecule has 10 rings (SSSR count). The van der Waals surface area contributed by atoms with Crippen LogP contribution in [0.15, 0.2) is 118 Å². The molecule has 0 unspecified atom stereocenters. The SMILES string of the molecule is Cc1nnc(-c2cccc(-c3noc(-c4cc(-c5nc(-c6cccc(-c7nnc(C)o7)c6)no5)cc(-c5nc(-c6cccc(-c7nnc(C)o7)c6)no5)c4)n3)c2)o1. The van der Waals surface area contributed by atoms with Crippen LogP contribution >= 0.6 is 0 Å². The fourth-order valence-electron chi connectivity index (χ4n) is 5.99. The Labute approximate surface area is 319 Å². The molecule has 0 saturated heterocycles. The third kappa shape index (κ3) is 6.52. The van der Waals surface area contributed by atoms with Crippen molar-refractivity contribution in [2.24, 2.45) is 0 Å². The number of aromatic nitrogens is 12. The Balaban J connectivity index is 1.03. The van der Waals surface area contributed by atoms with Crippen LogP contribution < -0.4 is 0 Å². The van der Waals surface area contributed by atoms with Gasteiger partial charge in [0.05, 0.1) is 0 Å². The van der Waals surface area contributed by atoms with Gasteiger partial charge in [0.15, 0.2) is 0 Å². The molecule has 0 atom stereocenters. The Morgan fingerprint density at radius 1 is 0.316 bits per heavy atom. The molecule has 0 aliphatic heterocycles. The third-order valence-corrected chi connectivity index (χ3v) is 8.63. The highest BCUT2D eigenvalue weighted by Gasteiger charge is 2.21. The number of hydrogen-bond donors (Lipinski definition) is 0. The summed E-state index contributed by atoms with van der Waals surface area (Å²) in [6.45, 7) is 5.18. The standard InChI is InChI=1S/C39H24N12O6/c1-19-43-46-37(52-19)25-10-4-7-22(13-25)31-40-34(55-49-31)28-16-29(35-41-32(50-56-35)23-8-5-11-26(14-23)38-47-44-20(2)53-38)18-30(17-28)36-42-33(51-57-36)24-9-6-12-27(15-24)39-48-45-21(3)54-39/h4-18H,1-3H3. The lowest BCUT2D eigenvalue weighted by atomic mass is 10.0. The summed E-state index contributed by atoms with van der Waals surface area (Å²) in [6.07, 6.45) is 0. The Hall–Kier alpha value is -8.28. The second kappa shape index (κ2) is 13.5. The van der Waals surface area contributed by atoms with Crippen molar-refractivity contribution >= 4 is 0 Å². The van der Waals surface area contributed by atoms with Crippen LogP contribution in [0.2, 0.25) is 0 Å². The van der Waals surface area contributed by atoms with Gasteiger partial charge in [0, 0.05) is 70.8 Å². The highest BCUT2D eigenvalue weighted by atomic mass is 16.5. The fourth-order valence-corrected chi connectivity index (χ4v) is 5.99. The maximum absolute atomic E-state index is 5.81. The minimum atomic E-state index is 0.205. The molecule has 0 aliphatic carbocycles. The molecule has 0 aliphatic rings. The molecule has 4 aromatic carbocycles. The smallest absolute Gasteiger partial charge is 0.258 e. The number of aryl methyl sites for hydroxylation is 3. The van der Waals surface area contributed by atoms with Gasteiger partial charge < -0.3 is 26.8 Å². The van der Waals surface area contributed by atoms with Crippen molar-refractivity contribution in [3.63, 3.8) is 0 Å². The lowest BCUT2D eigenvalue weighted by Crippen LogP contribution is -1.88. The third-order valence-electron chi connectivity index (χ3n) is 8.63. The number of rotatable bonds is 9. The maximum Gasteiger partial charge on any atom is 0.258 e. The van der Waals surface area contributed by atoms with Crippen molar-refractivity contribution in [3.05, 3.63) is 109 Å². The van der Waals surface area contributed by atoms with E-state index in [2.05, 4.69) is 46.1 Å². The molecule has 0 spiro atoms. The van der Waals surface area contributed by atoms with E-state index in [1.54, 1.807) is 39.0 Å². The lowest BCUT2D eigenvalue weighted by Gasteiger charge is -2.03. The van der Waals surface area contributed by atoms with Crippen LogP contribution in [0.25, 0.3) is 103 Å². The van der Waals surface area contributed by atoms with E-state index in [1.807, 2.05) is 72.8 Å². The van der Waals surface area contributed by atoms with Gasteiger partial charge in [-0.2, -0.15) is 15.0 Å². The molecule has 18 nitrogen and oxygen atoms in total. The Kier molecular flexibility index (Phi) is 7.91. The number of nitrogens with zero attached hydrogens (tertiary/aromatic N) is 12. The van der Waals surface area contributed by atoms with Crippen LogP contribution in [0.3, 0.4) is 0 Å². The van der Waals surface area contributed by atoms with E-state index in [0.29, 0.717) is 103 Å². The molecule has 18 heteroatoms. The van der Waals surface area contributed by atoms with Gasteiger partial charge >= 0.3 is 0 Å². The molecule has 6 heterocycles. The van der Waals surface area contributed by atoms with Crippen LogP contribution in [0.4, 0.5) is 0 Å². The minimum Gasteiger partial charge on any atom is -0.421 e. The molecule has 276 valence electrons. The summed E-state index contributed by atoms with van der Waals surface area (Å²) >= 11 is 0. The minimum absolute atomic E-state index is 0.205. The van der Waals surface area contributed by atoms with E-state index < -0.39 is 0 Å². The topological polar surface area (TPSA) is 234 Å². The van der Waals surface area contributed by atoms with Gasteiger partial charge in [-0.05, 0) is 54.6 Å². The summed E-state index contributed by atoms with van der Waals surface area (Å²) in [5.41, 5.74) is 5.71. The summed E-state index contributed by atoms with van der Waals surface area (Å²) < 4.78 is 34.3. The normalized spacial score (nSPS) is 11.4. The second-order valence-electron chi connectivity index (χ2n) is 12.7. The van der Waals surface area contributed by atoms with Crippen molar-refractivity contribution in [3.8, 4) is 103 Å². The van der Waals surface area contributed by atoms with E-state index in [4.69, 9.17) is 41.8 Å². The molecule has 0 amide bonds. The Bertz CT molecular complexity index is 2730. The van der Waals surface area contributed by atoms with E-state index in [9.17, 15) is 0 Å². The fraction of sp³-hybridized carbons (Fsp3) is 0.0769. The van der Waals surface area contributed by atoms with Crippen LogP contribution in [-0.4, -0.2) is 61.0 Å². The Morgan fingerprint density at radius 3 is 0.877 bits per heavy atom. The summed E-state index contributed by atoms with van der Waals surface area (Å²) in [4.78, 5) is 14.2. The molecule has 57 heavy (non-hydrogen) atoms. The lowest BCUT2D eigenvalue weighted by molar-refractivity contribution is 0.429. The molecule has 0 N–H and O–H groups in total. The predicted octanol–water partition coefficient (Wildman–Crippen LogP) is 7.91. The molecule has 0 radical (unpaired) electrons. The first-order valence-corrected chi connectivity index (χ1v) is 17.3. The molecule has 6 aromatic heterocycles. The van der Waals surface area contributed by atoms with Gasteiger partial charge in [-0.15, -0.1) is 30.6 Å². The van der Waals surface area contributed by atoms with Gasteiger partial charge in [-0.25, -0.2) is 0 Å². The highest BCUT2D eigenvalue weighted by molar-refractivity contribution is 5.76. The average molecular weight is 757 g/mol. The van der Waals surface area contributed by atoms with Crippen molar-refractivity contribution in [1.82, 2.24) is 61.0 Å². The van der Waals surface area contributed by atoms with E-state index >= 15 is 0 Å². The number of benzene rings is 4. The zero-order valence-corrected chi connectivity index (χ0v) is 30.0. The van der Waals surface area contributed by atoms with Gasteiger partial charge in [0.25, 0.3) is 17.7 Å². The number of hydrogen-bond acceptors (Lipinski definition) is 18. The first-order valence-electron chi connectivity index (χ1n) is 17.3. The van der Waals surface area contributed by atoms with E-state index in [0.717, 1.165) is 0 Å². The van der Waals surface area contributed by atoms with Gasteiger partial charge in [0.2, 0.25) is 52.8 Å². The molecular weight excluding hydrogens is 733 g/mol. The molecule has 0 saturated carbocycles. The van der Waals surface area contributed by atoms with Crippen molar-refractivity contribution in [1.29, 1.82) is 0 Å². The van der Waals surface area contributed by atoms with Crippen molar-refractivity contribution < 1.29 is 26.8 Å². The first-order chi connectivity index (χ1) is 27.9. The zero-order valence-electron chi connectivity index (χ0n) is 30.0. The van der Waals surface area contributed by atoms with E-state index in [-0.39, 0.29) is 17.7 Å². The summed E-state index contributed by atoms with van der Waals surface area (Å²) in [5, 5.41) is 37.0. The zero-order chi connectivity index (χ0) is 38.5. The average Bonchev–Trinajstić information content (AvgIpc) is 4.10. The maximum atomic E-state index is 5.81.